The van der Waals surface area contributed by atoms with Gasteiger partial charge in [-0.05, 0) is 18.8 Å². The maximum atomic E-state index is 12.0. The summed E-state index contributed by atoms with van der Waals surface area (Å²) in [6.07, 6.45) is 3.34. The quantitative estimate of drug-likeness (QED) is 0.702. The maximum Gasteiger partial charge on any atom is 0.326 e. The van der Waals surface area contributed by atoms with Gasteiger partial charge in [0.2, 0.25) is 0 Å². The van der Waals surface area contributed by atoms with Gasteiger partial charge < -0.3 is 20.4 Å². The zero-order valence-electron chi connectivity index (χ0n) is 11.8. The van der Waals surface area contributed by atoms with Gasteiger partial charge in [0.1, 0.15) is 6.04 Å². The number of nitrogens with zero attached hydrogens (tertiary/aromatic N) is 1. The molecule has 0 spiro atoms. The van der Waals surface area contributed by atoms with Gasteiger partial charge in [-0.25, -0.2) is 9.59 Å². The van der Waals surface area contributed by atoms with Crippen LogP contribution >= 0.6 is 0 Å². The Bertz CT molecular complexity index is 385. The molecule has 2 amide bonds. The average Bonchev–Trinajstić information content (AvgIpc) is 2.36. The van der Waals surface area contributed by atoms with Crippen molar-refractivity contribution in [3.05, 3.63) is 0 Å². The number of aliphatic carboxylic acids is 2. The highest BCUT2D eigenvalue weighted by Gasteiger charge is 2.29. The summed E-state index contributed by atoms with van der Waals surface area (Å²) < 4.78 is 0. The molecule has 3 N–H and O–H groups in total. The molecule has 0 radical (unpaired) electrons. The van der Waals surface area contributed by atoms with Crippen LogP contribution in [0, 0.1) is 5.92 Å². The third-order valence-corrected chi connectivity index (χ3v) is 3.75. The minimum atomic E-state index is -1.40. The van der Waals surface area contributed by atoms with E-state index in [2.05, 4.69) is 12.2 Å². The molecule has 114 valence electrons. The Morgan fingerprint density at radius 1 is 1.30 bits per heavy atom. The smallest absolute Gasteiger partial charge is 0.326 e. The van der Waals surface area contributed by atoms with Crippen LogP contribution < -0.4 is 5.32 Å². The lowest BCUT2D eigenvalue weighted by molar-refractivity contribution is -0.145. The van der Waals surface area contributed by atoms with E-state index in [1.807, 2.05) is 0 Å². The number of carboxylic acid groups (broad SMARTS) is 2. The SMILES string of the molecule is CC1CCCC(N(C)C(=O)NC(CC(=O)O)C(=O)O)C1. The van der Waals surface area contributed by atoms with Crippen LogP contribution in [0.25, 0.3) is 0 Å². The second kappa shape index (κ2) is 7.12. The second-order valence-electron chi connectivity index (χ2n) is 5.47. The Kier molecular flexibility index (Phi) is 5.79. The highest BCUT2D eigenvalue weighted by Crippen LogP contribution is 2.26. The van der Waals surface area contributed by atoms with E-state index in [9.17, 15) is 14.4 Å². The molecule has 1 rings (SSSR count). The van der Waals surface area contributed by atoms with Gasteiger partial charge in [-0.3, -0.25) is 4.79 Å². The molecule has 3 unspecified atom stereocenters. The van der Waals surface area contributed by atoms with Crippen molar-refractivity contribution in [2.24, 2.45) is 5.92 Å². The Morgan fingerprint density at radius 3 is 2.45 bits per heavy atom. The van der Waals surface area contributed by atoms with Crippen molar-refractivity contribution in [2.45, 2.75) is 51.1 Å². The molecule has 1 aliphatic rings. The van der Waals surface area contributed by atoms with Crippen molar-refractivity contribution in [1.29, 1.82) is 0 Å². The van der Waals surface area contributed by atoms with Gasteiger partial charge in [0.05, 0.1) is 6.42 Å². The third kappa shape index (κ3) is 4.71. The largest absolute Gasteiger partial charge is 0.481 e. The van der Waals surface area contributed by atoms with Gasteiger partial charge in [-0.15, -0.1) is 0 Å². The Morgan fingerprint density at radius 2 is 1.95 bits per heavy atom. The first-order chi connectivity index (χ1) is 9.31. The molecule has 20 heavy (non-hydrogen) atoms. The zero-order valence-corrected chi connectivity index (χ0v) is 11.8. The van der Waals surface area contributed by atoms with Crippen LogP contribution in [-0.4, -0.2) is 52.2 Å². The first kappa shape index (κ1) is 16.3. The summed E-state index contributed by atoms with van der Waals surface area (Å²) in [5, 5.41) is 19.8. The van der Waals surface area contributed by atoms with E-state index in [0.717, 1.165) is 25.7 Å². The fourth-order valence-electron chi connectivity index (χ4n) is 2.55. The molecular formula is C13H22N2O5. The molecule has 0 heterocycles. The van der Waals surface area contributed by atoms with E-state index in [1.54, 1.807) is 7.05 Å². The lowest BCUT2D eigenvalue weighted by Gasteiger charge is -2.34. The fraction of sp³-hybridized carbons (Fsp3) is 0.769. The molecule has 0 bridgehead atoms. The highest BCUT2D eigenvalue weighted by molar-refractivity contribution is 5.86. The molecular weight excluding hydrogens is 264 g/mol. The Labute approximate surface area is 117 Å². The second-order valence-corrected chi connectivity index (χ2v) is 5.47. The molecule has 0 aromatic carbocycles. The van der Waals surface area contributed by atoms with E-state index in [-0.39, 0.29) is 6.04 Å². The first-order valence-electron chi connectivity index (χ1n) is 6.79. The van der Waals surface area contributed by atoms with Crippen LogP contribution in [0.2, 0.25) is 0 Å². The van der Waals surface area contributed by atoms with Crippen molar-refractivity contribution in [1.82, 2.24) is 10.2 Å². The predicted octanol–water partition coefficient (Wildman–Crippen LogP) is 1.13. The van der Waals surface area contributed by atoms with Crippen LogP contribution in [0.1, 0.15) is 39.0 Å². The third-order valence-electron chi connectivity index (χ3n) is 3.75. The summed E-state index contributed by atoms with van der Waals surface area (Å²) in [5.41, 5.74) is 0. The number of carboxylic acids is 2. The number of hydrogen-bond acceptors (Lipinski definition) is 3. The fourth-order valence-corrected chi connectivity index (χ4v) is 2.55. The summed E-state index contributed by atoms with van der Waals surface area (Å²) in [6.45, 7) is 2.13. The van der Waals surface area contributed by atoms with Gasteiger partial charge in [-0.1, -0.05) is 19.8 Å². The van der Waals surface area contributed by atoms with E-state index in [1.165, 1.54) is 4.90 Å². The molecule has 0 aromatic rings. The van der Waals surface area contributed by atoms with Gasteiger partial charge in [0, 0.05) is 13.1 Å². The molecule has 0 aliphatic heterocycles. The summed E-state index contributed by atoms with van der Waals surface area (Å²) >= 11 is 0. The lowest BCUT2D eigenvalue weighted by Crippen LogP contribution is -2.51. The van der Waals surface area contributed by atoms with Crippen molar-refractivity contribution in [2.75, 3.05) is 7.05 Å². The Balaban J connectivity index is 2.58. The van der Waals surface area contributed by atoms with E-state index >= 15 is 0 Å². The van der Waals surface area contributed by atoms with Gasteiger partial charge in [0.15, 0.2) is 0 Å². The van der Waals surface area contributed by atoms with E-state index < -0.39 is 30.4 Å². The zero-order chi connectivity index (χ0) is 15.3. The van der Waals surface area contributed by atoms with Crippen molar-refractivity contribution in [3.63, 3.8) is 0 Å². The average molecular weight is 286 g/mol. The molecule has 0 aromatic heterocycles. The number of carbonyl (C=O) groups excluding carboxylic acids is 1. The van der Waals surface area contributed by atoms with E-state index in [4.69, 9.17) is 10.2 Å². The number of nitrogens with one attached hydrogen (secondary N) is 1. The standard InChI is InChI=1S/C13H22N2O5/c1-8-4-3-5-9(6-8)15(2)13(20)14-10(12(18)19)7-11(16)17/h8-10H,3-7H2,1-2H3,(H,14,20)(H,16,17)(H,18,19). The number of amides is 2. The van der Waals surface area contributed by atoms with E-state index in [0.29, 0.717) is 5.92 Å². The maximum absolute atomic E-state index is 12.0. The molecule has 1 fully saturated rings. The normalized spacial score (nSPS) is 23.7. The van der Waals surface area contributed by atoms with Crippen molar-refractivity contribution in [3.8, 4) is 0 Å². The molecule has 7 nitrogen and oxygen atoms in total. The van der Waals surface area contributed by atoms with Gasteiger partial charge in [-0.2, -0.15) is 0 Å². The number of carbonyl (C=O) groups is 3. The van der Waals surface area contributed by atoms with Crippen LogP contribution in [-0.2, 0) is 9.59 Å². The number of hydrogen-bond donors (Lipinski definition) is 3. The number of rotatable bonds is 5. The Hall–Kier alpha value is -1.79. The highest BCUT2D eigenvalue weighted by atomic mass is 16.4. The summed E-state index contributed by atoms with van der Waals surface area (Å²) in [5.74, 6) is -2.06. The number of urea groups is 1. The van der Waals surface area contributed by atoms with Crippen molar-refractivity contribution < 1.29 is 24.6 Å². The molecule has 1 aliphatic carbocycles. The lowest BCUT2D eigenvalue weighted by atomic mass is 9.86. The van der Waals surface area contributed by atoms with Gasteiger partial charge >= 0.3 is 18.0 Å². The summed E-state index contributed by atoms with van der Waals surface area (Å²) in [4.78, 5) is 35.0. The van der Waals surface area contributed by atoms with Crippen LogP contribution in [0.5, 0.6) is 0 Å². The molecule has 1 saturated carbocycles. The predicted molar refractivity (Wildman–Crippen MR) is 71.4 cm³/mol. The van der Waals surface area contributed by atoms with Crippen LogP contribution in [0.4, 0.5) is 4.79 Å². The molecule has 0 saturated heterocycles. The minimum absolute atomic E-state index is 0.0815. The van der Waals surface area contributed by atoms with Crippen LogP contribution in [0.3, 0.4) is 0 Å². The monoisotopic (exact) mass is 286 g/mol. The summed E-state index contributed by atoms with van der Waals surface area (Å²) in [6, 6.07) is -1.85. The summed E-state index contributed by atoms with van der Waals surface area (Å²) in [7, 11) is 1.62. The minimum Gasteiger partial charge on any atom is -0.481 e. The van der Waals surface area contributed by atoms with Crippen LogP contribution in [0.15, 0.2) is 0 Å². The molecule has 7 heteroatoms. The van der Waals surface area contributed by atoms with Crippen molar-refractivity contribution >= 4 is 18.0 Å². The molecule has 3 atom stereocenters. The first-order valence-corrected chi connectivity index (χ1v) is 6.79. The van der Waals surface area contributed by atoms with Gasteiger partial charge in [0.25, 0.3) is 0 Å². The topological polar surface area (TPSA) is 107 Å².